The van der Waals surface area contributed by atoms with E-state index in [4.69, 9.17) is 4.74 Å². The van der Waals surface area contributed by atoms with Gasteiger partial charge >= 0.3 is 0 Å². The number of carbonyl (C=O) groups is 2. The second-order valence-electron chi connectivity index (χ2n) is 5.99. The summed E-state index contributed by atoms with van der Waals surface area (Å²) in [4.78, 5) is 33.5. The van der Waals surface area contributed by atoms with Crippen molar-refractivity contribution in [2.75, 3.05) is 31.2 Å². The number of thiazole rings is 1. The van der Waals surface area contributed by atoms with E-state index in [0.717, 1.165) is 30.2 Å². The molecule has 1 aliphatic rings. The van der Waals surface area contributed by atoms with E-state index in [-0.39, 0.29) is 11.8 Å². The Morgan fingerprint density at radius 3 is 2.54 bits per heavy atom. The predicted molar refractivity (Wildman–Crippen MR) is 103 cm³/mol. The number of hydrogen-bond donors (Lipinski definition) is 2. The van der Waals surface area contributed by atoms with Crippen LogP contribution in [0.4, 0.5) is 5.13 Å². The highest BCUT2D eigenvalue weighted by atomic mass is 32.1. The Labute approximate surface area is 160 Å². The van der Waals surface area contributed by atoms with E-state index >= 15 is 0 Å². The smallest absolute Gasteiger partial charge is 0.281 e. The van der Waals surface area contributed by atoms with Crippen LogP contribution in [-0.2, 0) is 11.2 Å². The summed E-state index contributed by atoms with van der Waals surface area (Å²) in [5, 5.41) is 0.809. The van der Waals surface area contributed by atoms with Crippen molar-refractivity contribution in [3.63, 3.8) is 0 Å². The number of thiophene rings is 1. The maximum Gasteiger partial charge on any atom is 0.281 e. The summed E-state index contributed by atoms with van der Waals surface area (Å²) in [5.74, 6) is -0.654. The number of hydrogen-bond acceptors (Lipinski definition) is 7. The van der Waals surface area contributed by atoms with Crippen molar-refractivity contribution in [3.8, 4) is 0 Å². The molecule has 2 N–H and O–H groups in total. The van der Waals surface area contributed by atoms with Crippen molar-refractivity contribution in [1.29, 1.82) is 0 Å². The molecule has 26 heavy (non-hydrogen) atoms. The molecule has 9 heteroatoms. The third kappa shape index (κ3) is 4.05. The Hall–Kier alpha value is -1.97. The number of hydrazine groups is 1. The average Bonchev–Trinajstić information content (AvgIpc) is 3.23. The number of rotatable bonds is 4. The Morgan fingerprint density at radius 2 is 1.88 bits per heavy atom. The van der Waals surface area contributed by atoms with Gasteiger partial charge in [0, 0.05) is 18.0 Å². The summed E-state index contributed by atoms with van der Waals surface area (Å²) in [7, 11) is 0. The maximum atomic E-state index is 12.4. The first-order valence-electron chi connectivity index (χ1n) is 8.49. The number of nitrogens with zero attached hydrogens (tertiary/aromatic N) is 2. The Kier molecular flexibility index (Phi) is 5.90. The molecular formula is C17H22N4O3S2. The molecule has 7 nitrogen and oxygen atoms in total. The second-order valence-corrected chi connectivity index (χ2v) is 8.10. The van der Waals surface area contributed by atoms with Gasteiger partial charge in [-0.25, -0.2) is 4.98 Å². The van der Waals surface area contributed by atoms with Gasteiger partial charge in [0.05, 0.1) is 23.8 Å². The highest BCUT2D eigenvalue weighted by molar-refractivity contribution is 7.17. The van der Waals surface area contributed by atoms with Gasteiger partial charge in [-0.3, -0.25) is 20.4 Å². The number of morpholine rings is 1. The minimum atomic E-state index is -0.350. The highest BCUT2D eigenvalue weighted by Gasteiger charge is 2.21. The SMILES string of the molecule is CCc1sc(C(=O)NNC(=O)c2sc(N3CCOCC3)nc2C)cc1C. The molecule has 0 aliphatic carbocycles. The average molecular weight is 395 g/mol. The number of ether oxygens (including phenoxy) is 1. The maximum absolute atomic E-state index is 12.4. The van der Waals surface area contributed by atoms with Gasteiger partial charge < -0.3 is 9.64 Å². The molecule has 2 amide bonds. The summed E-state index contributed by atoms with van der Waals surface area (Å²) in [6.07, 6.45) is 0.889. The van der Waals surface area contributed by atoms with Crippen molar-refractivity contribution >= 4 is 39.6 Å². The predicted octanol–water partition coefficient (Wildman–Crippen LogP) is 2.30. The minimum Gasteiger partial charge on any atom is -0.378 e. The largest absolute Gasteiger partial charge is 0.378 e. The van der Waals surface area contributed by atoms with Crippen LogP contribution < -0.4 is 15.8 Å². The van der Waals surface area contributed by atoms with Crippen LogP contribution in [0.3, 0.4) is 0 Å². The molecule has 0 aromatic carbocycles. The van der Waals surface area contributed by atoms with Crippen molar-refractivity contribution in [2.24, 2.45) is 0 Å². The molecule has 0 atom stereocenters. The molecule has 0 spiro atoms. The Balaban J connectivity index is 1.62. The summed E-state index contributed by atoms with van der Waals surface area (Å²) in [6.45, 7) is 8.70. The van der Waals surface area contributed by atoms with E-state index in [1.807, 2.05) is 13.0 Å². The minimum absolute atomic E-state index is 0.304. The van der Waals surface area contributed by atoms with Gasteiger partial charge in [0.15, 0.2) is 5.13 Å². The van der Waals surface area contributed by atoms with Crippen LogP contribution in [0.25, 0.3) is 0 Å². The number of carbonyl (C=O) groups excluding carboxylic acids is 2. The summed E-state index contributed by atoms with van der Waals surface area (Å²) < 4.78 is 5.34. The number of aromatic nitrogens is 1. The molecule has 3 heterocycles. The molecule has 3 rings (SSSR count). The van der Waals surface area contributed by atoms with Gasteiger partial charge in [-0.2, -0.15) is 0 Å². The number of aryl methyl sites for hydroxylation is 3. The van der Waals surface area contributed by atoms with E-state index < -0.39 is 0 Å². The fourth-order valence-electron chi connectivity index (χ4n) is 2.70. The normalized spacial score (nSPS) is 14.3. The third-order valence-electron chi connectivity index (χ3n) is 4.13. The van der Waals surface area contributed by atoms with Crippen molar-refractivity contribution in [3.05, 3.63) is 32.0 Å². The van der Waals surface area contributed by atoms with E-state index in [0.29, 0.717) is 28.7 Å². The lowest BCUT2D eigenvalue weighted by Gasteiger charge is -2.25. The van der Waals surface area contributed by atoms with Gasteiger partial charge in [-0.05, 0) is 31.9 Å². The topological polar surface area (TPSA) is 83.6 Å². The van der Waals surface area contributed by atoms with E-state index in [1.54, 1.807) is 6.92 Å². The van der Waals surface area contributed by atoms with Crippen LogP contribution in [0.5, 0.6) is 0 Å². The lowest BCUT2D eigenvalue weighted by molar-refractivity contribution is 0.0850. The molecule has 0 unspecified atom stereocenters. The molecular weight excluding hydrogens is 372 g/mol. The van der Waals surface area contributed by atoms with Gasteiger partial charge in [0.2, 0.25) is 0 Å². The molecule has 2 aromatic heterocycles. The molecule has 140 valence electrons. The number of anilines is 1. The molecule has 0 radical (unpaired) electrons. The molecule has 1 saturated heterocycles. The van der Waals surface area contributed by atoms with Crippen LogP contribution in [0, 0.1) is 13.8 Å². The van der Waals surface area contributed by atoms with Gasteiger partial charge in [0.25, 0.3) is 11.8 Å². The summed E-state index contributed by atoms with van der Waals surface area (Å²) in [6, 6.07) is 1.85. The Bertz CT molecular complexity index is 809. The molecule has 1 fully saturated rings. The standard InChI is InChI=1S/C17H22N4O3S2/c1-4-12-10(2)9-13(25-12)15(22)19-20-16(23)14-11(3)18-17(26-14)21-5-7-24-8-6-21/h9H,4-8H2,1-3H3,(H,19,22)(H,20,23). The summed E-state index contributed by atoms with van der Waals surface area (Å²) in [5.41, 5.74) is 6.75. The van der Waals surface area contributed by atoms with Crippen LogP contribution in [0.1, 0.15) is 42.4 Å². The Morgan fingerprint density at radius 1 is 1.19 bits per heavy atom. The lowest BCUT2D eigenvalue weighted by atomic mass is 10.2. The van der Waals surface area contributed by atoms with E-state index in [2.05, 4.69) is 27.7 Å². The van der Waals surface area contributed by atoms with Gasteiger partial charge in [0.1, 0.15) is 4.88 Å². The van der Waals surface area contributed by atoms with Crippen molar-refractivity contribution in [2.45, 2.75) is 27.2 Å². The quantitative estimate of drug-likeness (QED) is 0.778. The fraction of sp³-hybridized carbons (Fsp3) is 0.471. The zero-order valence-electron chi connectivity index (χ0n) is 15.0. The third-order valence-corrected chi connectivity index (χ3v) is 6.73. The number of amides is 2. The molecule has 2 aromatic rings. The first-order valence-corrected chi connectivity index (χ1v) is 10.1. The second kappa shape index (κ2) is 8.15. The zero-order chi connectivity index (χ0) is 18.7. The van der Waals surface area contributed by atoms with Gasteiger partial charge in [-0.1, -0.05) is 18.3 Å². The van der Waals surface area contributed by atoms with Crippen LogP contribution in [0.2, 0.25) is 0 Å². The number of nitrogens with one attached hydrogen (secondary N) is 2. The molecule has 1 aliphatic heterocycles. The first kappa shape index (κ1) is 18.8. The van der Waals surface area contributed by atoms with Crippen LogP contribution in [0.15, 0.2) is 6.07 Å². The summed E-state index contributed by atoms with van der Waals surface area (Å²) >= 11 is 2.78. The van der Waals surface area contributed by atoms with Crippen LogP contribution >= 0.6 is 22.7 Å². The molecule has 0 saturated carbocycles. The molecule has 0 bridgehead atoms. The van der Waals surface area contributed by atoms with E-state index in [1.165, 1.54) is 27.6 Å². The highest BCUT2D eigenvalue weighted by Crippen LogP contribution is 2.26. The zero-order valence-corrected chi connectivity index (χ0v) is 16.7. The monoisotopic (exact) mass is 394 g/mol. The van der Waals surface area contributed by atoms with E-state index in [9.17, 15) is 9.59 Å². The van der Waals surface area contributed by atoms with Gasteiger partial charge in [-0.15, -0.1) is 11.3 Å². The van der Waals surface area contributed by atoms with Crippen LogP contribution in [-0.4, -0.2) is 43.1 Å². The fourth-order valence-corrected chi connectivity index (χ4v) is 4.72. The van der Waals surface area contributed by atoms with Crippen molar-refractivity contribution in [1.82, 2.24) is 15.8 Å². The lowest BCUT2D eigenvalue weighted by Crippen LogP contribution is -2.41. The van der Waals surface area contributed by atoms with Crippen molar-refractivity contribution < 1.29 is 14.3 Å². The first-order chi connectivity index (χ1) is 12.5.